The summed E-state index contributed by atoms with van der Waals surface area (Å²) in [6, 6.07) is 0. The summed E-state index contributed by atoms with van der Waals surface area (Å²) in [4.78, 5) is 0. The second-order valence-corrected chi connectivity index (χ2v) is 3.89. The van der Waals surface area contributed by atoms with Gasteiger partial charge >= 0.3 is 0 Å². The van der Waals surface area contributed by atoms with Crippen LogP contribution in [0.5, 0.6) is 0 Å². The first kappa shape index (κ1) is 10.5. The van der Waals surface area contributed by atoms with E-state index < -0.39 is 0 Å². The van der Waals surface area contributed by atoms with Crippen molar-refractivity contribution >= 4 is 0 Å². The van der Waals surface area contributed by atoms with Crippen molar-refractivity contribution in [3.8, 4) is 0 Å². The van der Waals surface area contributed by atoms with Crippen molar-refractivity contribution in [2.24, 2.45) is 5.92 Å². The van der Waals surface area contributed by atoms with Gasteiger partial charge in [0.2, 0.25) is 0 Å². The molecule has 1 heteroatoms. The lowest BCUT2D eigenvalue weighted by atomic mass is 9.95. The Morgan fingerprint density at radius 1 is 1.54 bits per heavy atom. The van der Waals surface area contributed by atoms with Crippen LogP contribution in [0.3, 0.4) is 0 Å². The molecule has 13 heavy (non-hydrogen) atoms. The highest BCUT2D eigenvalue weighted by molar-refractivity contribution is 4.92. The predicted molar refractivity (Wildman–Crippen MR) is 56.5 cm³/mol. The lowest BCUT2D eigenvalue weighted by molar-refractivity contribution is 0.151. The summed E-state index contributed by atoms with van der Waals surface area (Å²) in [5.74, 6) is 0.595. The lowest BCUT2D eigenvalue weighted by Gasteiger charge is -2.14. The zero-order valence-corrected chi connectivity index (χ0v) is 8.28. The third kappa shape index (κ3) is 4.28. The summed E-state index contributed by atoms with van der Waals surface area (Å²) < 4.78 is 0. The van der Waals surface area contributed by atoms with E-state index in [-0.39, 0.29) is 6.10 Å². The van der Waals surface area contributed by atoms with E-state index in [4.69, 9.17) is 0 Å². The molecule has 2 unspecified atom stereocenters. The van der Waals surface area contributed by atoms with Gasteiger partial charge in [0, 0.05) is 0 Å². The Morgan fingerprint density at radius 3 is 3.15 bits per heavy atom. The molecule has 1 N–H and O–H groups in total. The van der Waals surface area contributed by atoms with E-state index in [9.17, 15) is 5.11 Å². The molecule has 0 bridgehead atoms. The molecule has 1 rings (SSSR count). The van der Waals surface area contributed by atoms with Gasteiger partial charge in [0.05, 0.1) is 6.10 Å². The third-order valence-corrected chi connectivity index (χ3v) is 2.62. The molecule has 0 spiro atoms. The highest BCUT2D eigenvalue weighted by atomic mass is 16.3. The minimum absolute atomic E-state index is 0.190. The minimum Gasteiger partial charge on any atom is -0.393 e. The van der Waals surface area contributed by atoms with Crippen LogP contribution in [0.1, 0.15) is 38.5 Å². The summed E-state index contributed by atoms with van der Waals surface area (Å²) in [6.45, 7) is 3.63. The van der Waals surface area contributed by atoms with Crippen molar-refractivity contribution in [3.63, 3.8) is 0 Å². The molecular formula is C12H20O. The van der Waals surface area contributed by atoms with Crippen molar-refractivity contribution in [3.05, 3.63) is 24.8 Å². The number of aliphatic hydroxyl groups is 1. The minimum atomic E-state index is -0.190. The second-order valence-electron chi connectivity index (χ2n) is 3.89. The first-order valence-corrected chi connectivity index (χ1v) is 5.28. The molecule has 0 aliphatic heterocycles. The standard InChI is InChI=1S/C12H20O/c1-2-7-12(13)10-11-8-5-3-4-6-9-11/h2,5,8,11-13H,1,3-4,6-7,9-10H2. The summed E-state index contributed by atoms with van der Waals surface area (Å²) in [5.41, 5.74) is 0. The van der Waals surface area contributed by atoms with E-state index in [2.05, 4.69) is 18.7 Å². The van der Waals surface area contributed by atoms with Crippen LogP contribution in [-0.4, -0.2) is 11.2 Å². The van der Waals surface area contributed by atoms with Crippen molar-refractivity contribution in [2.45, 2.75) is 44.6 Å². The van der Waals surface area contributed by atoms with Gasteiger partial charge in [-0.3, -0.25) is 0 Å². The van der Waals surface area contributed by atoms with Crippen LogP contribution in [0.4, 0.5) is 0 Å². The summed E-state index contributed by atoms with van der Waals surface area (Å²) in [6.07, 6.45) is 12.8. The average molecular weight is 180 g/mol. The van der Waals surface area contributed by atoms with E-state index in [1.165, 1.54) is 25.7 Å². The molecule has 1 nitrogen and oxygen atoms in total. The maximum atomic E-state index is 9.59. The van der Waals surface area contributed by atoms with Crippen LogP contribution in [0.25, 0.3) is 0 Å². The lowest BCUT2D eigenvalue weighted by Crippen LogP contribution is -2.11. The molecule has 1 aliphatic rings. The maximum absolute atomic E-state index is 9.59. The topological polar surface area (TPSA) is 20.2 Å². The van der Waals surface area contributed by atoms with Crippen molar-refractivity contribution < 1.29 is 5.11 Å². The molecule has 0 heterocycles. The van der Waals surface area contributed by atoms with Crippen LogP contribution in [-0.2, 0) is 0 Å². The van der Waals surface area contributed by atoms with Crippen molar-refractivity contribution in [1.82, 2.24) is 0 Å². The Hall–Kier alpha value is -0.560. The number of hydrogen-bond donors (Lipinski definition) is 1. The van der Waals surface area contributed by atoms with E-state index in [1.54, 1.807) is 6.08 Å². The summed E-state index contributed by atoms with van der Waals surface area (Å²) in [7, 11) is 0. The Balaban J connectivity index is 2.29. The van der Waals surface area contributed by atoms with Crippen molar-refractivity contribution in [2.75, 3.05) is 0 Å². The van der Waals surface area contributed by atoms with Gasteiger partial charge < -0.3 is 5.11 Å². The monoisotopic (exact) mass is 180 g/mol. The molecule has 0 aromatic carbocycles. The fraction of sp³-hybridized carbons (Fsp3) is 0.667. The Kier molecular flexibility index (Phi) is 4.84. The Labute approximate surface area is 81.2 Å². The zero-order valence-electron chi connectivity index (χ0n) is 8.28. The van der Waals surface area contributed by atoms with Crippen LogP contribution in [0.15, 0.2) is 24.8 Å². The van der Waals surface area contributed by atoms with Crippen LogP contribution in [0.2, 0.25) is 0 Å². The van der Waals surface area contributed by atoms with E-state index >= 15 is 0 Å². The number of aliphatic hydroxyl groups excluding tert-OH is 1. The average Bonchev–Trinajstić information content (AvgIpc) is 2.33. The number of allylic oxidation sites excluding steroid dienone is 2. The number of rotatable bonds is 4. The van der Waals surface area contributed by atoms with Crippen molar-refractivity contribution in [1.29, 1.82) is 0 Å². The fourth-order valence-electron chi connectivity index (χ4n) is 1.89. The van der Waals surface area contributed by atoms with Gasteiger partial charge in [0.15, 0.2) is 0 Å². The second kappa shape index (κ2) is 5.98. The van der Waals surface area contributed by atoms with E-state index in [0.717, 1.165) is 12.8 Å². The molecule has 0 aromatic rings. The summed E-state index contributed by atoms with van der Waals surface area (Å²) >= 11 is 0. The molecular weight excluding hydrogens is 160 g/mol. The van der Waals surface area contributed by atoms with Crippen LogP contribution in [0, 0.1) is 5.92 Å². The molecule has 0 aromatic heterocycles. The van der Waals surface area contributed by atoms with E-state index in [1.807, 2.05) is 0 Å². The molecule has 0 amide bonds. The van der Waals surface area contributed by atoms with Gasteiger partial charge in [-0.1, -0.05) is 24.6 Å². The van der Waals surface area contributed by atoms with Gasteiger partial charge in [-0.2, -0.15) is 0 Å². The highest BCUT2D eigenvalue weighted by Crippen LogP contribution is 2.22. The largest absolute Gasteiger partial charge is 0.393 e. The van der Waals surface area contributed by atoms with Gasteiger partial charge in [0.1, 0.15) is 0 Å². The Morgan fingerprint density at radius 2 is 2.38 bits per heavy atom. The van der Waals surface area contributed by atoms with Gasteiger partial charge in [0.25, 0.3) is 0 Å². The summed E-state index contributed by atoms with van der Waals surface area (Å²) in [5, 5.41) is 9.59. The van der Waals surface area contributed by atoms with Gasteiger partial charge in [-0.25, -0.2) is 0 Å². The molecule has 0 saturated heterocycles. The molecule has 2 atom stereocenters. The normalized spacial score (nSPS) is 25.2. The smallest absolute Gasteiger partial charge is 0.0580 e. The van der Waals surface area contributed by atoms with Gasteiger partial charge in [-0.15, -0.1) is 6.58 Å². The quantitative estimate of drug-likeness (QED) is 0.659. The molecule has 1 aliphatic carbocycles. The molecule has 74 valence electrons. The van der Waals surface area contributed by atoms with E-state index in [0.29, 0.717) is 5.92 Å². The molecule has 0 saturated carbocycles. The molecule has 0 radical (unpaired) electrons. The van der Waals surface area contributed by atoms with Crippen LogP contribution < -0.4 is 0 Å². The third-order valence-electron chi connectivity index (χ3n) is 2.62. The number of hydrogen-bond acceptors (Lipinski definition) is 1. The van der Waals surface area contributed by atoms with Crippen LogP contribution >= 0.6 is 0 Å². The SMILES string of the molecule is C=CCC(O)CC1C=CCCCC1. The zero-order chi connectivity index (χ0) is 9.52. The van der Waals surface area contributed by atoms with Gasteiger partial charge in [-0.05, 0) is 38.0 Å². The molecule has 0 fully saturated rings. The maximum Gasteiger partial charge on any atom is 0.0580 e. The Bertz CT molecular complexity index is 172. The first-order chi connectivity index (χ1) is 6.33. The fourth-order valence-corrected chi connectivity index (χ4v) is 1.89. The first-order valence-electron chi connectivity index (χ1n) is 5.28. The predicted octanol–water partition coefficient (Wildman–Crippen LogP) is 3.06. The highest BCUT2D eigenvalue weighted by Gasteiger charge is 2.11.